The second-order valence-corrected chi connectivity index (χ2v) is 7.68. The summed E-state index contributed by atoms with van der Waals surface area (Å²) < 4.78 is 0. The van der Waals surface area contributed by atoms with E-state index in [1.165, 1.54) is 11.8 Å². The quantitative estimate of drug-likeness (QED) is 0.620. The maximum Gasteiger partial charge on any atom is 0.251 e. The second-order valence-electron chi connectivity index (χ2n) is 5.95. The molecule has 1 atom stereocenters. The molecular formula is C19H22ClN3O2S. The van der Waals surface area contributed by atoms with E-state index in [0.717, 1.165) is 16.8 Å². The van der Waals surface area contributed by atoms with Gasteiger partial charge in [0.1, 0.15) is 0 Å². The molecule has 0 heterocycles. The number of hydrogen-bond donors (Lipinski definition) is 3. The fourth-order valence-corrected chi connectivity index (χ4v) is 2.88. The normalized spacial score (nSPS) is 11.5. The number of nitrogens with one attached hydrogen (secondary N) is 3. The molecule has 0 radical (unpaired) electrons. The van der Waals surface area contributed by atoms with Crippen LogP contribution in [0.5, 0.6) is 0 Å². The van der Waals surface area contributed by atoms with Crippen molar-refractivity contribution in [2.45, 2.75) is 26.0 Å². The van der Waals surface area contributed by atoms with Crippen molar-refractivity contribution in [1.29, 1.82) is 0 Å². The molecule has 0 aliphatic rings. The van der Waals surface area contributed by atoms with Crippen molar-refractivity contribution < 1.29 is 9.59 Å². The number of thioether (sulfide) groups is 1. The first kappa shape index (κ1) is 20.1. The molecule has 7 heteroatoms. The zero-order valence-corrected chi connectivity index (χ0v) is 16.5. The lowest BCUT2D eigenvalue weighted by Crippen LogP contribution is -2.36. The molecule has 2 rings (SSSR count). The van der Waals surface area contributed by atoms with Gasteiger partial charge in [0.25, 0.3) is 5.91 Å². The molecule has 0 bridgehead atoms. The minimum absolute atomic E-state index is 0.142. The summed E-state index contributed by atoms with van der Waals surface area (Å²) in [5, 5.41) is 3.05. The number of anilines is 2. The summed E-state index contributed by atoms with van der Waals surface area (Å²) in [6.07, 6.45) is 0. The third kappa shape index (κ3) is 6.28. The predicted octanol–water partition coefficient (Wildman–Crippen LogP) is 4.16. The number of amides is 2. The van der Waals surface area contributed by atoms with Crippen LogP contribution in [0.4, 0.5) is 11.4 Å². The Hall–Kier alpha value is -2.18. The second kappa shape index (κ2) is 9.50. The summed E-state index contributed by atoms with van der Waals surface area (Å²) in [5.74, 6) is -0.162. The van der Waals surface area contributed by atoms with Crippen LogP contribution < -0.4 is 16.2 Å². The zero-order valence-electron chi connectivity index (χ0n) is 14.9. The average Bonchev–Trinajstić information content (AvgIpc) is 2.62. The Morgan fingerprint density at radius 2 is 1.73 bits per heavy atom. The van der Waals surface area contributed by atoms with E-state index in [0.29, 0.717) is 10.7 Å². The van der Waals surface area contributed by atoms with Gasteiger partial charge in [0, 0.05) is 10.7 Å². The van der Waals surface area contributed by atoms with Crippen molar-refractivity contribution >= 4 is 46.6 Å². The van der Waals surface area contributed by atoms with Gasteiger partial charge in [-0.15, -0.1) is 11.8 Å². The fourth-order valence-electron chi connectivity index (χ4n) is 2.02. The summed E-state index contributed by atoms with van der Waals surface area (Å²) >= 11 is 7.32. The van der Waals surface area contributed by atoms with Crippen LogP contribution in [0.25, 0.3) is 0 Å². The molecule has 0 saturated heterocycles. The summed E-state index contributed by atoms with van der Waals surface area (Å²) in [6, 6.07) is 13.0. The average molecular weight is 392 g/mol. The Morgan fingerprint density at radius 3 is 2.38 bits per heavy atom. The standard InChI is InChI=1S/C19H22ClN3O2S/c1-12-4-7-15(8-5-12)21-18(24)11-26-14(3)19(25)23-22-16-9-6-13(2)17(20)10-16/h4-10,14,22H,11H2,1-3H3,(H,21,24)(H,23,25). The van der Waals surface area contributed by atoms with Crippen LogP contribution in [0, 0.1) is 13.8 Å². The van der Waals surface area contributed by atoms with E-state index in [4.69, 9.17) is 11.6 Å². The first-order chi connectivity index (χ1) is 12.3. The van der Waals surface area contributed by atoms with E-state index < -0.39 is 0 Å². The lowest BCUT2D eigenvalue weighted by atomic mass is 10.2. The molecule has 0 aromatic heterocycles. The van der Waals surface area contributed by atoms with Gasteiger partial charge >= 0.3 is 0 Å². The molecule has 0 fully saturated rings. The van der Waals surface area contributed by atoms with E-state index in [9.17, 15) is 9.59 Å². The third-order valence-electron chi connectivity index (χ3n) is 3.67. The van der Waals surface area contributed by atoms with Gasteiger partial charge in [-0.25, -0.2) is 0 Å². The van der Waals surface area contributed by atoms with Gasteiger partial charge in [0.2, 0.25) is 5.91 Å². The lowest BCUT2D eigenvalue weighted by Gasteiger charge is -2.14. The Balaban J connectivity index is 1.74. The minimum atomic E-state index is -0.382. The van der Waals surface area contributed by atoms with Gasteiger partial charge in [0.15, 0.2) is 0 Å². The van der Waals surface area contributed by atoms with Crippen molar-refractivity contribution in [3.63, 3.8) is 0 Å². The highest BCUT2D eigenvalue weighted by Crippen LogP contribution is 2.19. The smallest absolute Gasteiger partial charge is 0.251 e. The third-order valence-corrected chi connectivity index (χ3v) is 5.22. The molecule has 138 valence electrons. The van der Waals surface area contributed by atoms with Crippen molar-refractivity contribution in [3.05, 3.63) is 58.6 Å². The van der Waals surface area contributed by atoms with E-state index in [1.54, 1.807) is 13.0 Å². The number of rotatable bonds is 7. The number of halogens is 1. The number of hydrogen-bond acceptors (Lipinski definition) is 4. The van der Waals surface area contributed by atoms with E-state index in [2.05, 4.69) is 16.2 Å². The van der Waals surface area contributed by atoms with Crippen LogP contribution in [-0.2, 0) is 9.59 Å². The highest BCUT2D eigenvalue weighted by atomic mass is 35.5. The van der Waals surface area contributed by atoms with Crippen LogP contribution >= 0.6 is 23.4 Å². The molecule has 1 unspecified atom stereocenters. The molecule has 3 N–H and O–H groups in total. The highest BCUT2D eigenvalue weighted by molar-refractivity contribution is 8.01. The van der Waals surface area contributed by atoms with Gasteiger partial charge < -0.3 is 5.32 Å². The summed E-state index contributed by atoms with van der Waals surface area (Å²) in [6.45, 7) is 5.65. The van der Waals surface area contributed by atoms with Crippen LogP contribution in [0.15, 0.2) is 42.5 Å². The molecule has 2 aromatic rings. The Kier molecular flexibility index (Phi) is 7.36. The van der Waals surface area contributed by atoms with Crippen molar-refractivity contribution in [2.75, 3.05) is 16.5 Å². The van der Waals surface area contributed by atoms with Crippen LogP contribution in [0.1, 0.15) is 18.1 Å². The van der Waals surface area contributed by atoms with Gasteiger partial charge in [-0.3, -0.25) is 20.4 Å². The topological polar surface area (TPSA) is 70.2 Å². The van der Waals surface area contributed by atoms with Crippen LogP contribution in [0.2, 0.25) is 5.02 Å². The van der Waals surface area contributed by atoms with Crippen molar-refractivity contribution in [1.82, 2.24) is 5.43 Å². The largest absolute Gasteiger partial charge is 0.325 e. The molecular weight excluding hydrogens is 370 g/mol. The number of aryl methyl sites for hydroxylation is 2. The van der Waals surface area contributed by atoms with E-state index >= 15 is 0 Å². The highest BCUT2D eigenvalue weighted by Gasteiger charge is 2.15. The zero-order chi connectivity index (χ0) is 19.1. The predicted molar refractivity (Wildman–Crippen MR) is 110 cm³/mol. The van der Waals surface area contributed by atoms with Gasteiger partial charge in [0.05, 0.1) is 16.7 Å². The SMILES string of the molecule is Cc1ccc(NC(=O)CSC(C)C(=O)NNc2ccc(C)c(Cl)c2)cc1. The number of hydrazine groups is 1. The molecule has 0 aliphatic carbocycles. The van der Waals surface area contributed by atoms with Gasteiger partial charge in [-0.2, -0.15) is 0 Å². The molecule has 5 nitrogen and oxygen atoms in total. The maximum absolute atomic E-state index is 12.1. The van der Waals surface area contributed by atoms with Crippen LogP contribution in [-0.4, -0.2) is 22.8 Å². The Labute approximate surface area is 162 Å². The number of carbonyl (C=O) groups is 2. The van der Waals surface area contributed by atoms with Crippen molar-refractivity contribution in [2.24, 2.45) is 0 Å². The Morgan fingerprint density at radius 1 is 1.08 bits per heavy atom. The van der Waals surface area contributed by atoms with Gasteiger partial charge in [-0.1, -0.05) is 35.4 Å². The molecule has 26 heavy (non-hydrogen) atoms. The summed E-state index contributed by atoms with van der Waals surface area (Å²) in [5.41, 5.74) is 8.99. The molecule has 2 amide bonds. The maximum atomic E-state index is 12.1. The number of benzene rings is 2. The van der Waals surface area contributed by atoms with Crippen molar-refractivity contribution in [3.8, 4) is 0 Å². The first-order valence-electron chi connectivity index (χ1n) is 8.15. The minimum Gasteiger partial charge on any atom is -0.325 e. The van der Waals surface area contributed by atoms with Gasteiger partial charge in [-0.05, 0) is 50.6 Å². The van der Waals surface area contributed by atoms with E-state index in [1.807, 2.05) is 50.2 Å². The fraction of sp³-hybridized carbons (Fsp3) is 0.263. The molecule has 0 spiro atoms. The van der Waals surface area contributed by atoms with Crippen LogP contribution in [0.3, 0.4) is 0 Å². The Bertz CT molecular complexity index is 781. The lowest BCUT2D eigenvalue weighted by molar-refractivity contribution is -0.119. The van der Waals surface area contributed by atoms with E-state index in [-0.39, 0.29) is 22.8 Å². The number of carbonyl (C=O) groups excluding carboxylic acids is 2. The summed E-state index contributed by atoms with van der Waals surface area (Å²) in [4.78, 5) is 24.1. The molecule has 2 aromatic carbocycles. The molecule has 0 aliphatic heterocycles. The first-order valence-corrected chi connectivity index (χ1v) is 9.58. The summed E-state index contributed by atoms with van der Waals surface area (Å²) in [7, 11) is 0. The monoisotopic (exact) mass is 391 g/mol. The molecule has 0 saturated carbocycles.